The zero-order chi connectivity index (χ0) is 95.7. The number of nitrogens with two attached hydrogens (primary N) is 4. The third-order valence-corrected chi connectivity index (χ3v) is 22.1. The lowest BCUT2D eigenvalue weighted by Crippen LogP contribution is -2.60. The van der Waals surface area contributed by atoms with Crippen LogP contribution in [0.4, 0.5) is 0 Å². The Kier molecular flexibility index (Phi) is 54.4. The van der Waals surface area contributed by atoms with Crippen molar-refractivity contribution in [3.05, 3.63) is 71.9 Å². The average molecular weight is 1830 g/mol. The molecule has 25 N–H and O–H groups in total. The minimum Gasteiger partial charge on any atom is -0.481 e. The summed E-state index contributed by atoms with van der Waals surface area (Å²) in [7, 11) is 1.62. The number of H-pyrrole nitrogens is 1. The van der Waals surface area contributed by atoms with Crippen LogP contribution in [-0.4, -0.2) is 276 Å². The highest BCUT2D eigenvalue weighted by Crippen LogP contribution is 2.24. The second-order valence-electron chi connectivity index (χ2n) is 32.8. The molecule has 2 fully saturated rings. The van der Waals surface area contributed by atoms with Crippen LogP contribution in [0.3, 0.4) is 0 Å². The van der Waals surface area contributed by atoms with E-state index in [-0.39, 0.29) is 128 Å². The zero-order valence-corrected chi connectivity index (χ0v) is 75.7. The van der Waals surface area contributed by atoms with Gasteiger partial charge in [-0.2, -0.15) is 0 Å². The second-order valence-corrected chi connectivity index (χ2v) is 32.8. The van der Waals surface area contributed by atoms with Gasteiger partial charge < -0.3 is 127 Å². The van der Waals surface area contributed by atoms with E-state index in [2.05, 4.69) is 73.8 Å². The summed E-state index contributed by atoms with van der Waals surface area (Å²) in [6.45, 7) is 3.70. The van der Waals surface area contributed by atoms with E-state index in [4.69, 9.17) is 37.5 Å². The van der Waals surface area contributed by atoms with Gasteiger partial charge in [-0.15, -0.1) is 0 Å². The molecule has 3 aromatic rings. The van der Waals surface area contributed by atoms with Crippen molar-refractivity contribution >= 4 is 111 Å². The number of carbonyl (C=O) groups excluding carboxylic acids is 15. The molecule has 41 heteroatoms. The monoisotopic (exact) mass is 1830 g/mol. The van der Waals surface area contributed by atoms with Crippen LogP contribution in [0.15, 0.2) is 65.8 Å². The standard InChI is InChI=1S/C49H71N13O9.C40H72N6O13/c1-3-4-16-35(53-2)43(66)59-37-20-21-41(64)54-22-11-10-18-34(42(50)65)57-46(69)39(25-30-27-56-33-17-9-8-15-32(30)33)60-44(67)36(19-12-23-55-49(51)52)58-45(68)38(24-29-13-6-5-7-14-29)61-47(70)40-26-31(63)28-62(40)48(37)71;1-3-4-17-30(29(2)49)44-40(57)33(27-48)46-38(55)31(20-21-34(41)50)45-39(56)32(26-47)43-36(52)28-59-25-24-58-23-22-42-35(51)18-15-13-11-9-7-5-6-8-10-12-14-16-19-37(53)54/h5-9,13-15,17,27,31,34-40,53,56,63H,3-4,10-12,16,18-26,28H2,1-2H3,(H2,50,65)(H,54,64)(H,57,69)(H,58,68)(H,59,66)(H,60,67)(H,61,70)(H4,51,52,55);30-33,47-48H,3-28H2,1-2H3,(H2,41,50)(H,42,51)(H,43,52)(H,44,57)(H,45,56)(H,46,55)(H,53,54)/t31-,34+,35+,36+,37+,38-,39+,40+;30-,31-,32-,33-/m10/s1. The van der Waals surface area contributed by atoms with Gasteiger partial charge in [0.2, 0.25) is 82.7 Å². The Morgan fingerprint density at radius 3 is 1.75 bits per heavy atom. The zero-order valence-electron chi connectivity index (χ0n) is 75.7. The van der Waals surface area contributed by atoms with Gasteiger partial charge in [0.05, 0.1) is 51.2 Å². The van der Waals surface area contributed by atoms with Crippen molar-refractivity contribution < 1.29 is 107 Å². The molecule has 0 spiro atoms. The Hall–Kier alpha value is -11.3. The maximum atomic E-state index is 14.6. The molecule has 1 aromatic heterocycles. The van der Waals surface area contributed by atoms with Crippen LogP contribution in [0.5, 0.6) is 0 Å². The molecule has 14 amide bonds. The number of carbonyl (C=O) groups is 16. The number of aliphatic hydroxyl groups excluding tert-OH is 3. The fourth-order valence-corrected chi connectivity index (χ4v) is 14.7. The number of primary amides is 2. The van der Waals surface area contributed by atoms with Gasteiger partial charge in [-0.05, 0) is 102 Å². The number of rotatable bonds is 54. The molecule has 3 heterocycles. The summed E-state index contributed by atoms with van der Waals surface area (Å²) in [4.78, 5) is 218. The highest BCUT2D eigenvalue weighted by atomic mass is 16.5. The number of ketones is 1. The van der Waals surface area contributed by atoms with Crippen molar-refractivity contribution in [1.29, 1.82) is 0 Å². The number of aliphatic hydroxyl groups is 3. The number of aromatic nitrogens is 1. The molecule has 726 valence electrons. The number of para-hydroxylation sites is 1. The van der Waals surface area contributed by atoms with E-state index in [1.54, 1.807) is 43.6 Å². The van der Waals surface area contributed by atoms with E-state index in [1.807, 2.05) is 38.1 Å². The SMILES string of the molecule is CCCC[C@H](NC(=O)[C@H](CO)NC(=O)[C@H](CCC(N)=O)NC(=O)[C@H](CO)NC(=O)COCCOCCNC(=O)CCCCCCCCCCCCCCC(=O)O)C(C)=O.CCCC[C@H](NC)C(=O)N[C@H]1CCC(=O)NCCCC[C@@H](C(N)=O)NC(=O)[C@H](Cc2c[nH]c3ccccc23)NC(=O)[C@H](CCCN=C(N)N)NC(=O)[C@@H](Cc2ccccc2)NC(=O)[C@@H]2C[C@@H](O)CN2C1=O. The molecule has 0 radical (unpaired) electrons. The summed E-state index contributed by atoms with van der Waals surface area (Å²) >= 11 is 0. The third kappa shape index (κ3) is 44.4. The molecule has 2 aliphatic rings. The summed E-state index contributed by atoms with van der Waals surface area (Å²) in [5, 5.41) is 71.8. The van der Waals surface area contributed by atoms with Crippen LogP contribution in [0.25, 0.3) is 10.9 Å². The lowest BCUT2D eigenvalue weighted by Gasteiger charge is -2.31. The largest absolute Gasteiger partial charge is 0.481 e. The van der Waals surface area contributed by atoms with Gasteiger partial charge in [-0.1, -0.05) is 152 Å². The van der Waals surface area contributed by atoms with Crippen molar-refractivity contribution in [3.8, 4) is 0 Å². The molecular formula is C89H143N19O22. The van der Waals surface area contributed by atoms with Crippen LogP contribution >= 0.6 is 0 Å². The van der Waals surface area contributed by atoms with Gasteiger partial charge >= 0.3 is 5.97 Å². The van der Waals surface area contributed by atoms with Crippen molar-refractivity contribution in [1.82, 2.24) is 73.7 Å². The fourth-order valence-electron chi connectivity index (χ4n) is 14.7. The normalized spacial score (nSPS) is 19.0. The van der Waals surface area contributed by atoms with Crippen LogP contribution < -0.4 is 86.7 Å². The Balaban J connectivity index is 0.000000555. The quantitative estimate of drug-likeness (QED) is 0.0190. The molecule has 0 aliphatic carbocycles. The van der Waals surface area contributed by atoms with E-state index >= 15 is 0 Å². The number of hydrogen-bond donors (Lipinski definition) is 21. The highest BCUT2D eigenvalue weighted by molar-refractivity contribution is 5.99. The van der Waals surface area contributed by atoms with E-state index in [0.29, 0.717) is 56.2 Å². The number of aliphatic imine (C=N–C) groups is 1. The highest BCUT2D eigenvalue weighted by Gasteiger charge is 2.44. The summed E-state index contributed by atoms with van der Waals surface area (Å²) in [5.41, 5.74) is 24.3. The number of nitrogens with one attached hydrogen (secondary N) is 13. The first-order valence-electron chi connectivity index (χ1n) is 45.6. The molecule has 41 nitrogen and oxygen atoms in total. The number of amides is 14. The van der Waals surface area contributed by atoms with E-state index in [0.717, 1.165) is 86.4 Å². The molecule has 12 atom stereocenters. The Bertz CT molecular complexity index is 4080. The Morgan fingerprint density at radius 1 is 0.577 bits per heavy atom. The number of carboxylic acids is 1. The number of aliphatic carboxylic acids is 1. The van der Waals surface area contributed by atoms with E-state index < -0.39 is 175 Å². The summed E-state index contributed by atoms with van der Waals surface area (Å²) in [6, 6.07) is 2.49. The number of benzene rings is 2. The summed E-state index contributed by atoms with van der Waals surface area (Å²) in [5.74, 6) is -11.1. The number of ether oxygens (including phenoxy) is 2. The average Bonchev–Trinajstić information content (AvgIpc) is 1.64. The number of hydrogen-bond acceptors (Lipinski definition) is 23. The molecule has 0 saturated carbocycles. The maximum Gasteiger partial charge on any atom is 0.303 e. The topological polar surface area (TPSA) is 652 Å². The number of nitrogens with zero attached hydrogens (tertiary/aromatic N) is 2. The van der Waals surface area contributed by atoms with Crippen LogP contribution in [-0.2, 0) is 99.0 Å². The summed E-state index contributed by atoms with van der Waals surface area (Å²) in [6.07, 6.45) is 17.6. The van der Waals surface area contributed by atoms with Gasteiger partial charge in [-0.25, -0.2) is 0 Å². The lowest BCUT2D eigenvalue weighted by atomic mass is 10.0. The second kappa shape index (κ2) is 63.7. The minimum atomic E-state index is -1.52. The first-order chi connectivity index (χ1) is 62.3. The van der Waals surface area contributed by atoms with E-state index in [9.17, 15) is 92.0 Å². The smallest absolute Gasteiger partial charge is 0.303 e. The van der Waals surface area contributed by atoms with Crippen LogP contribution in [0, 0.1) is 0 Å². The van der Waals surface area contributed by atoms with Gasteiger partial charge in [0.15, 0.2) is 11.7 Å². The van der Waals surface area contributed by atoms with Gasteiger partial charge in [0.1, 0.15) is 61.0 Å². The lowest BCUT2D eigenvalue weighted by molar-refractivity contribution is -0.143. The molecule has 0 unspecified atom stereocenters. The number of guanidine groups is 1. The first-order valence-corrected chi connectivity index (χ1v) is 45.6. The molecule has 0 bridgehead atoms. The van der Waals surface area contributed by atoms with Gasteiger partial charge in [0, 0.05) is 88.2 Å². The number of carboxylic acid groups (broad SMARTS) is 1. The summed E-state index contributed by atoms with van der Waals surface area (Å²) < 4.78 is 10.7. The fraction of sp³-hybridized carbons (Fsp3) is 0.652. The van der Waals surface area contributed by atoms with Crippen molar-refractivity contribution in [2.75, 3.05) is 72.9 Å². The molecular weight excluding hydrogens is 1690 g/mol. The van der Waals surface area contributed by atoms with E-state index in [1.165, 1.54) is 32.6 Å². The molecule has 2 aromatic carbocycles. The molecule has 2 aliphatic heterocycles. The third-order valence-electron chi connectivity index (χ3n) is 22.1. The van der Waals surface area contributed by atoms with Crippen molar-refractivity contribution in [3.63, 3.8) is 0 Å². The molecule has 130 heavy (non-hydrogen) atoms. The maximum absolute atomic E-state index is 14.6. The minimum absolute atomic E-state index is 0.0205. The first kappa shape index (κ1) is 111. The van der Waals surface area contributed by atoms with Gasteiger partial charge in [0.25, 0.3) is 0 Å². The van der Waals surface area contributed by atoms with Gasteiger partial charge in [-0.3, -0.25) is 81.7 Å². The molecule has 5 rings (SSSR count). The predicted molar refractivity (Wildman–Crippen MR) is 483 cm³/mol. The van der Waals surface area contributed by atoms with Crippen molar-refractivity contribution in [2.24, 2.45) is 27.9 Å². The molecule has 2 saturated heterocycles. The number of aromatic amines is 1. The Labute approximate surface area is 759 Å². The van der Waals surface area contributed by atoms with Crippen molar-refractivity contribution in [2.45, 2.75) is 299 Å². The predicted octanol–water partition coefficient (Wildman–Crippen LogP) is -0.613. The number of Topliss-reactive ketones (excluding diaryl/α,β-unsaturated/α-hetero) is 1. The Morgan fingerprint density at radius 2 is 1.14 bits per heavy atom. The number of likely N-dealkylation sites (N-methyl/N-ethyl adjacent to an activating group) is 1. The number of unbranched alkanes of at least 4 members (excludes halogenated alkanes) is 13. The van der Waals surface area contributed by atoms with Crippen LogP contribution in [0.1, 0.15) is 225 Å². The van der Waals surface area contributed by atoms with Crippen LogP contribution in [0.2, 0.25) is 0 Å². The number of fused-ring (bicyclic) bond motifs is 2.